The lowest BCUT2D eigenvalue weighted by Gasteiger charge is -2.37. The van der Waals surface area contributed by atoms with Gasteiger partial charge in [-0.1, -0.05) is 31.0 Å². The third kappa shape index (κ3) is 2.30. The molecule has 0 saturated heterocycles. The molecule has 3 rings (SSSR count). The minimum Gasteiger partial charge on any atom is -0.369 e. The second kappa shape index (κ2) is 5.17. The molecule has 1 fully saturated rings. The van der Waals surface area contributed by atoms with E-state index in [0.29, 0.717) is 6.04 Å². The summed E-state index contributed by atoms with van der Waals surface area (Å²) in [5.41, 5.74) is 8.60. The zero-order chi connectivity index (χ0) is 13.2. The average Bonchev–Trinajstić information content (AvgIpc) is 2.46. The first kappa shape index (κ1) is 12.4. The summed E-state index contributed by atoms with van der Waals surface area (Å²) >= 11 is 0. The van der Waals surface area contributed by atoms with Crippen molar-refractivity contribution in [3.63, 3.8) is 0 Å². The Hall–Kier alpha value is -1.61. The fourth-order valence-electron chi connectivity index (χ4n) is 3.19. The molecule has 2 N–H and O–H groups in total. The van der Waals surface area contributed by atoms with Gasteiger partial charge in [0.25, 0.3) is 0 Å². The molecule has 3 nitrogen and oxygen atoms in total. The molecule has 2 aromatic rings. The zero-order valence-corrected chi connectivity index (χ0v) is 11.4. The smallest absolute Gasteiger partial charge is 0.0722 e. The van der Waals surface area contributed by atoms with Gasteiger partial charge in [0.15, 0.2) is 0 Å². The zero-order valence-electron chi connectivity index (χ0n) is 11.4. The molecular formula is C16H21N3. The van der Waals surface area contributed by atoms with Crippen LogP contribution < -0.4 is 10.6 Å². The van der Waals surface area contributed by atoms with E-state index < -0.39 is 0 Å². The van der Waals surface area contributed by atoms with E-state index in [1.165, 1.54) is 30.3 Å². The third-order valence-corrected chi connectivity index (χ3v) is 4.29. The van der Waals surface area contributed by atoms with E-state index in [2.05, 4.69) is 41.2 Å². The lowest BCUT2D eigenvalue weighted by Crippen LogP contribution is -2.48. The van der Waals surface area contributed by atoms with Crippen molar-refractivity contribution < 1.29 is 0 Å². The number of anilines is 1. The summed E-state index contributed by atoms with van der Waals surface area (Å²) in [5, 5.41) is 1.21. The van der Waals surface area contributed by atoms with Crippen LogP contribution in [-0.4, -0.2) is 24.1 Å². The van der Waals surface area contributed by atoms with Gasteiger partial charge in [-0.25, -0.2) is 0 Å². The highest BCUT2D eigenvalue weighted by atomic mass is 15.2. The van der Waals surface area contributed by atoms with Gasteiger partial charge in [0.2, 0.25) is 0 Å². The maximum absolute atomic E-state index is 6.30. The van der Waals surface area contributed by atoms with Crippen molar-refractivity contribution in [2.75, 3.05) is 11.9 Å². The molecular weight excluding hydrogens is 234 g/mol. The van der Waals surface area contributed by atoms with E-state index >= 15 is 0 Å². The number of likely N-dealkylation sites (N-methyl/N-ethyl adjacent to an activating group) is 1. The molecule has 1 aliphatic rings. The number of rotatable bonds is 2. The van der Waals surface area contributed by atoms with E-state index in [4.69, 9.17) is 5.73 Å². The van der Waals surface area contributed by atoms with Crippen LogP contribution in [0.15, 0.2) is 36.5 Å². The molecule has 19 heavy (non-hydrogen) atoms. The van der Waals surface area contributed by atoms with Crippen molar-refractivity contribution in [2.24, 2.45) is 5.73 Å². The van der Waals surface area contributed by atoms with Crippen LogP contribution in [0.3, 0.4) is 0 Å². The van der Waals surface area contributed by atoms with Gasteiger partial charge in [-0.05, 0) is 25.0 Å². The fourth-order valence-corrected chi connectivity index (χ4v) is 3.19. The second-order valence-corrected chi connectivity index (χ2v) is 5.47. The lowest BCUT2D eigenvalue weighted by atomic mass is 9.89. The van der Waals surface area contributed by atoms with Crippen molar-refractivity contribution in [1.29, 1.82) is 0 Å². The number of hydrogen-bond donors (Lipinski definition) is 1. The summed E-state index contributed by atoms with van der Waals surface area (Å²) in [6, 6.07) is 11.1. The van der Waals surface area contributed by atoms with Crippen molar-refractivity contribution in [3.8, 4) is 0 Å². The first-order chi connectivity index (χ1) is 9.27. The molecule has 2 unspecified atom stereocenters. The third-order valence-electron chi connectivity index (χ3n) is 4.29. The SMILES string of the molecule is CN(c1ccnc2ccccc12)C1CCCCC1N. The van der Waals surface area contributed by atoms with Gasteiger partial charge in [0.05, 0.1) is 5.52 Å². The molecule has 1 aromatic carbocycles. The summed E-state index contributed by atoms with van der Waals surface area (Å²) in [7, 11) is 2.16. The van der Waals surface area contributed by atoms with Gasteiger partial charge in [0.1, 0.15) is 0 Å². The molecule has 1 aromatic heterocycles. The molecule has 100 valence electrons. The number of aromatic nitrogens is 1. The lowest BCUT2D eigenvalue weighted by molar-refractivity contribution is 0.374. The number of para-hydroxylation sites is 1. The van der Waals surface area contributed by atoms with Crippen molar-refractivity contribution in [3.05, 3.63) is 36.5 Å². The predicted molar refractivity (Wildman–Crippen MR) is 80.4 cm³/mol. The highest BCUT2D eigenvalue weighted by Crippen LogP contribution is 2.30. The van der Waals surface area contributed by atoms with Gasteiger partial charge in [-0.2, -0.15) is 0 Å². The Bertz CT molecular complexity index is 561. The highest BCUT2D eigenvalue weighted by molar-refractivity contribution is 5.91. The van der Waals surface area contributed by atoms with Crippen LogP contribution >= 0.6 is 0 Å². The minimum atomic E-state index is 0.283. The molecule has 2 atom stereocenters. The largest absolute Gasteiger partial charge is 0.369 e. The van der Waals surface area contributed by atoms with Crippen LogP contribution in [-0.2, 0) is 0 Å². The van der Waals surface area contributed by atoms with Gasteiger partial charge in [-0.15, -0.1) is 0 Å². The Morgan fingerprint density at radius 1 is 1.16 bits per heavy atom. The van der Waals surface area contributed by atoms with Crippen LogP contribution in [0.5, 0.6) is 0 Å². The Labute approximate surface area is 114 Å². The van der Waals surface area contributed by atoms with E-state index in [1.807, 2.05) is 12.3 Å². The predicted octanol–water partition coefficient (Wildman–Crippen LogP) is 2.94. The summed E-state index contributed by atoms with van der Waals surface area (Å²) in [6.45, 7) is 0. The van der Waals surface area contributed by atoms with Crippen LogP contribution in [0.1, 0.15) is 25.7 Å². The summed E-state index contributed by atoms with van der Waals surface area (Å²) in [5.74, 6) is 0. The maximum Gasteiger partial charge on any atom is 0.0722 e. The van der Waals surface area contributed by atoms with Crippen molar-refractivity contribution >= 4 is 16.6 Å². The Kier molecular flexibility index (Phi) is 3.38. The van der Waals surface area contributed by atoms with E-state index in [-0.39, 0.29) is 6.04 Å². The molecule has 1 aliphatic carbocycles. The first-order valence-corrected chi connectivity index (χ1v) is 7.09. The Balaban J connectivity index is 1.99. The minimum absolute atomic E-state index is 0.283. The molecule has 0 spiro atoms. The summed E-state index contributed by atoms with van der Waals surface area (Å²) in [4.78, 5) is 6.79. The normalized spacial score (nSPS) is 23.5. The highest BCUT2D eigenvalue weighted by Gasteiger charge is 2.26. The average molecular weight is 255 g/mol. The van der Waals surface area contributed by atoms with Crippen LogP contribution in [0.2, 0.25) is 0 Å². The summed E-state index contributed by atoms with van der Waals surface area (Å²) in [6.07, 6.45) is 6.77. The molecule has 1 saturated carbocycles. The first-order valence-electron chi connectivity index (χ1n) is 7.09. The van der Waals surface area contributed by atoms with Gasteiger partial charge in [0, 0.05) is 36.4 Å². The van der Waals surface area contributed by atoms with Crippen LogP contribution in [0.25, 0.3) is 10.9 Å². The van der Waals surface area contributed by atoms with E-state index in [9.17, 15) is 0 Å². The summed E-state index contributed by atoms with van der Waals surface area (Å²) < 4.78 is 0. The topological polar surface area (TPSA) is 42.2 Å². The molecule has 3 heteroatoms. The maximum atomic E-state index is 6.30. The molecule has 0 aliphatic heterocycles. The standard InChI is InChI=1S/C16H21N3/c1-19(16-9-5-3-7-13(16)17)15-10-11-18-14-8-4-2-6-12(14)15/h2,4,6,8,10-11,13,16H,3,5,7,9,17H2,1H3. The number of pyridine rings is 1. The number of hydrogen-bond acceptors (Lipinski definition) is 3. The Morgan fingerprint density at radius 3 is 2.79 bits per heavy atom. The number of nitrogens with zero attached hydrogens (tertiary/aromatic N) is 2. The van der Waals surface area contributed by atoms with Gasteiger partial charge in [-0.3, -0.25) is 4.98 Å². The molecule has 1 heterocycles. The van der Waals surface area contributed by atoms with Crippen LogP contribution in [0.4, 0.5) is 5.69 Å². The van der Waals surface area contributed by atoms with Crippen molar-refractivity contribution in [2.45, 2.75) is 37.8 Å². The quantitative estimate of drug-likeness (QED) is 0.897. The monoisotopic (exact) mass is 255 g/mol. The second-order valence-electron chi connectivity index (χ2n) is 5.47. The number of benzene rings is 1. The molecule has 0 bridgehead atoms. The van der Waals surface area contributed by atoms with E-state index in [0.717, 1.165) is 11.9 Å². The number of nitrogens with two attached hydrogens (primary N) is 1. The van der Waals surface area contributed by atoms with Gasteiger partial charge < -0.3 is 10.6 Å². The fraction of sp³-hybridized carbons (Fsp3) is 0.438. The van der Waals surface area contributed by atoms with E-state index in [1.54, 1.807) is 0 Å². The van der Waals surface area contributed by atoms with Crippen LogP contribution in [0, 0.1) is 0 Å². The van der Waals surface area contributed by atoms with Crippen molar-refractivity contribution in [1.82, 2.24) is 4.98 Å². The number of fused-ring (bicyclic) bond motifs is 1. The molecule has 0 amide bonds. The van der Waals surface area contributed by atoms with Gasteiger partial charge >= 0.3 is 0 Å². The molecule has 0 radical (unpaired) electrons. The Morgan fingerprint density at radius 2 is 1.95 bits per heavy atom.